The van der Waals surface area contributed by atoms with E-state index in [0.717, 1.165) is 18.2 Å². The molecule has 0 aliphatic heterocycles. The van der Waals surface area contributed by atoms with Crippen LogP contribution >= 0.6 is 0 Å². The van der Waals surface area contributed by atoms with Crippen LogP contribution in [0.1, 0.15) is 11.1 Å². The average molecular weight is 268 g/mol. The van der Waals surface area contributed by atoms with E-state index >= 15 is 0 Å². The topological polar surface area (TPSA) is 29.5 Å². The summed E-state index contributed by atoms with van der Waals surface area (Å²) in [6.07, 6.45) is 0. The molecule has 2 rings (SSSR count). The molecule has 2 aromatic carbocycles. The summed E-state index contributed by atoms with van der Waals surface area (Å²) in [5, 5.41) is 9.06. The monoisotopic (exact) mass is 268 g/mol. The number of ether oxygens (including phenoxy) is 1. The van der Waals surface area contributed by atoms with Gasteiger partial charge in [0.05, 0.1) is 6.61 Å². The molecule has 0 heterocycles. The first-order valence-electron chi connectivity index (χ1n) is 5.56. The third-order valence-electron chi connectivity index (χ3n) is 2.59. The fourth-order valence-electron chi connectivity index (χ4n) is 1.61. The first kappa shape index (κ1) is 13.4. The predicted molar refractivity (Wildman–Crippen MR) is 63.0 cm³/mol. The maximum atomic E-state index is 13.4. The van der Waals surface area contributed by atoms with Crippen LogP contribution in [0.4, 0.5) is 13.2 Å². The average Bonchev–Trinajstić information content (AvgIpc) is 2.39. The van der Waals surface area contributed by atoms with Crippen molar-refractivity contribution in [2.45, 2.75) is 13.2 Å². The SMILES string of the molecule is OCc1cc(F)ccc1OCc1ccc(F)cc1F. The highest BCUT2D eigenvalue weighted by molar-refractivity contribution is 5.33. The molecule has 0 radical (unpaired) electrons. The van der Waals surface area contributed by atoms with Crippen LogP contribution in [0.3, 0.4) is 0 Å². The van der Waals surface area contributed by atoms with Crippen molar-refractivity contribution in [1.29, 1.82) is 0 Å². The Balaban J connectivity index is 2.14. The summed E-state index contributed by atoms with van der Waals surface area (Å²) in [5.41, 5.74) is 0.442. The van der Waals surface area contributed by atoms with E-state index in [-0.39, 0.29) is 30.1 Å². The normalized spacial score (nSPS) is 10.5. The highest BCUT2D eigenvalue weighted by Crippen LogP contribution is 2.21. The second-order valence-electron chi connectivity index (χ2n) is 3.93. The van der Waals surface area contributed by atoms with Crippen molar-refractivity contribution < 1.29 is 23.0 Å². The van der Waals surface area contributed by atoms with E-state index in [1.54, 1.807) is 0 Å². The summed E-state index contributed by atoms with van der Waals surface area (Å²) < 4.78 is 44.3. The molecule has 0 aromatic heterocycles. The molecule has 19 heavy (non-hydrogen) atoms. The van der Waals surface area contributed by atoms with Crippen molar-refractivity contribution in [3.8, 4) is 5.75 Å². The van der Waals surface area contributed by atoms with Crippen molar-refractivity contribution >= 4 is 0 Å². The van der Waals surface area contributed by atoms with Crippen molar-refractivity contribution in [3.05, 3.63) is 65.0 Å². The van der Waals surface area contributed by atoms with Gasteiger partial charge in [0.1, 0.15) is 29.8 Å². The minimum Gasteiger partial charge on any atom is -0.488 e. The van der Waals surface area contributed by atoms with E-state index in [9.17, 15) is 13.2 Å². The highest BCUT2D eigenvalue weighted by Gasteiger charge is 2.08. The summed E-state index contributed by atoms with van der Waals surface area (Å²) >= 11 is 0. The fraction of sp³-hybridized carbons (Fsp3) is 0.143. The second-order valence-corrected chi connectivity index (χ2v) is 3.93. The molecule has 2 aromatic rings. The standard InChI is InChI=1S/C14H11F3O2/c15-11-3-4-14(10(5-11)7-18)19-8-9-1-2-12(16)6-13(9)17/h1-6,18H,7-8H2. The third kappa shape index (κ3) is 3.26. The largest absolute Gasteiger partial charge is 0.488 e. The van der Waals surface area contributed by atoms with Gasteiger partial charge >= 0.3 is 0 Å². The van der Waals surface area contributed by atoms with E-state index in [4.69, 9.17) is 9.84 Å². The van der Waals surface area contributed by atoms with Crippen LogP contribution in [0.25, 0.3) is 0 Å². The molecule has 0 aliphatic carbocycles. The number of aliphatic hydroxyl groups excluding tert-OH is 1. The van der Waals surface area contributed by atoms with E-state index < -0.39 is 17.5 Å². The van der Waals surface area contributed by atoms with E-state index in [1.807, 2.05) is 0 Å². The Morgan fingerprint density at radius 2 is 1.58 bits per heavy atom. The lowest BCUT2D eigenvalue weighted by Crippen LogP contribution is -2.01. The van der Waals surface area contributed by atoms with Crippen molar-refractivity contribution in [2.24, 2.45) is 0 Å². The van der Waals surface area contributed by atoms with Crippen LogP contribution < -0.4 is 4.74 Å². The number of hydrogen-bond acceptors (Lipinski definition) is 2. The van der Waals surface area contributed by atoms with Crippen molar-refractivity contribution in [3.63, 3.8) is 0 Å². The van der Waals surface area contributed by atoms with Gasteiger partial charge in [0.2, 0.25) is 0 Å². The van der Waals surface area contributed by atoms with E-state index in [0.29, 0.717) is 0 Å². The van der Waals surface area contributed by atoms with E-state index in [2.05, 4.69) is 0 Å². The summed E-state index contributed by atoms with van der Waals surface area (Å²) in [5.74, 6) is -1.62. The van der Waals surface area contributed by atoms with Crippen LogP contribution in [0, 0.1) is 17.5 Å². The molecule has 5 heteroatoms. The number of aliphatic hydroxyl groups is 1. The third-order valence-corrected chi connectivity index (χ3v) is 2.59. The van der Waals surface area contributed by atoms with Crippen molar-refractivity contribution in [2.75, 3.05) is 0 Å². The molecular formula is C14H11F3O2. The molecular weight excluding hydrogens is 257 g/mol. The zero-order chi connectivity index (χ0) is 13.8. The molecule has 1 N–H and O–H groups in total. The summed E-state index contributed by atoms with van der Waals surface area (Å²) in [4.78, 5) is 0. The molecule has 0 unspecified atom stereocenters. The second kappa shape index (κ2) is 5.75. The van der Waals surface area contributed by atoms with Gasteiger partial charge in [-0.15, -0.1) is 0 Å². The van der Waals surface area contributed by atoms with Crippen molar-refractivity contribution in [1.82, 2.24) is 0 Å². The molecule has 100 valence electrons. The Hall–Kier alpha value is -2.01. The Labute approximate surface area is 108 Å². The lowest BCUT2D eigenvalue weighted by molar-refractivity contribution is 0.256. The van der Waals surface area contributed by atoms with Gasteiger partial charge in [-0.2, -0.15) is 0 Å². The first-order chi connectivity index (χ1) is 9.10. The molecule has 0 bridgehead atoms. The van der Waals surface area contributed by atoms with Gasteiger partial charge in [-0.05, 0) is 30.3 Å². The van der Waals surface area contributed by atoms with Gasteiger partial charge in [0.25, 0.3) is 0 Å². The van der Waals surface area contributed by atoms with Crippen LogP contribution in [-0.2, 0) is 13.2 Å². The maximum absolute atomic E-state index is 13.4. The summed E-state index contributed by atoms with van der Waals surface area (Å²) in [7, 11) is 0. The van der Waals surface area contributed by atoms with Gasteiger partial charge < -0.3 is 9.84 Å². The molecule has 0 saturated heterocycles. The predicted octanol–water partition coefficient (Wildman–Crippen LogP) is 3.18. The number of benzene rings is 2. The number of rotatable bonds is 4. The van der Waals surface area contributed by atoms with Crippen LogP contribution in [0.5, 0.6) is 5.75 Å². The minimum atomic E-state index is -0.715. The zero-order valence-electron chi connectivity index (χ0n) is 9.87. The highest BCUT2D eigenvalue weighted by atomic mass is 19.1. The molecule has 0 fully saturated rings. The quantitative estimate of drug-likeness (QED) is 0.922. The fourth-order valence-corrected chi connectivity index (χ4v) is 1.61. The van der Waals surface area contributed by atoms with Gasteiger partial charge in [0, 0.05) is 17.2 Å². The molecule has 2 nitrogen and oxygen atoms in total. The lowest BCUT2D eigenvalue weighted by atomic mass is 10.2. The van der Waals surface area contributed by atoms with E-state index in [1.165, 1.54) is 18.2 Å². The molecule has 0 aliphatic rings. The zero-order valence-corrected chi connectivity index (χ0v) is 9.87. The van der Waals surface area contributed by atoms with Crippen LogP contribution in [0.2, 0.25) is 0 Å². The summed E-state index contributed by atoms with van der Waals surface area (Å²) in [6, 6.07) is 6.82. The summed E-state index contributed by atoms with van der Waals surface area (Å²) in [6.45, 7) is -0.524. The first-order valence-corrected chi connectivity index (χ1v) is 5.56. The van der Waals surface area contributed by atoms with Gasteiger partial charge in [-0.25, -0.2) is 13.2 Å². The molecule has 0 atom stereocenters. The Kier molecular flexibility index (Phi) is 4.06. The molecule has 0 spiro atoms. The van der Waals surface area contributed by atoms with Gasteiger partial charge in [-0.3, -0.25) is 0 Å². The Morgan fingerprint density at radius 1 is 0.895 bits per heavy atom. The number of halogens is 3. The van der Waals surface area contributed by atoms with Gasteiger partial charge in [0.15, 0.2) is 0 Å². The molecule has 0 saturated carbocycles. The Bertz CT molecular complexity index is 585. The minimum absolute atomic E-state index is 0.134. The molecule has 0 amide bonds. The maximum Gasteiger partial charge on any atom is 0.132 e. The van der Waals surface area contributed by atoms with Crippen LogP contribution in [0.15, 0.2) is 36.4 Å². The lowest BCUT2D eigenvalue weighted by Gasteiger charge is -2.10. The smallest absolute Gasteiger partial charge is 0.132 e. The number of hydrogen-bond donors (Lipinski definition) is 1. The van der Waals surface area contributed by atoms with Gasteiger partial charge in [-0.1, -0.05) is 0 Å². The Morgan fingerprint density at radius 3 is 2.26 bits per heavy atom. The van der Waals surface area contributed by atoms with Crippen LogP contribution in [-0.4, -0.2) is 5.11 Å².